The number of nitrogens with one attached hydrogen (secondary N) is 3. The van der Waals surface area contributed by atoms with Gasteiger partial charge < -0.3 is 25.1 Å². The van der Waals surface area contributed by atoms with Crippen LogP contribution in [0.2, 0.25) is 0 Å². The Morgan fingerprint density at radius 3 is 2.69 bits per heavy atom. The Kier molecular flexibility index (Phi) is 9.31. The number of hydrogen-bond donors (Lipinski definition) is 3. The van der Waals surface area contributed by atoms with Crippen molar-refractivity contribution in [1.29, 1.82) is 0 Å². The van der Waals surface area contributed by atoms with E-state index < -0.39 is 6.04 Å². The highest BCUT2D eigenvalue weighted by Gasteiger charge is 2.22. The van der Waals surface area contributed by atoms with Gasteiger partial charge in [0.1, 0.15) is 17.6 Å². The minimum Gasteiger partial charge on any atom is -0.497 e. The summed E-state index contributed by atoms with van der Waals surface area (Å²) in [6, 6.07) is 12.9. The van der Waals surface area contributed by atoms with E-state index in [4.69, 9.17) is 4.74 Å². The number of nitrogens with zero attached hydrogens (tertiary/aromatic N) is 1. The number of rotatable bonds is 13. The summed E-state index contributed by atoms with van der Waals surface area (Å²) >= 11 is 0. The highest BCUT2D eigenvalue weighted by Crippen LogP contribution is 2.27. The van der Waals surface area contributed by atoms with E-state index in [-0.39, 0.29) is 24.0 Å². The van der Waals surface area contributed by atoms with Crippen LogP contribution in [0.3, 0.4) is 0 Å². The van der Waals surface area contributed by atoms with Gasteiger partial charge in [-0.25, -0.2) is 0 Å². The van der Waals surface area contributed by atoms with Crippen molar-refractivity contribution in [3.8, 4) is 5.75 Å². The van der Waals surface area contributed by atoms with Crippen LogP contribution < -0.4 is 15.4 Å². The minimum atomic E-state index is -0.675. The molecule has 39 heavy (non-hydrogen) atoms. The lowest BCUT2D eigenvalue weighted by Gasteiger charge is -2.19. The van der Waals surface area contributed by atoms with Crippen LogP contribution in [0.4, 0.5) is 0 Å². The zero-order chi connectivity index (χ0) is 27.8. The summed E-state index contributed by atoms with van der Waals surface area (Å²) in [5.74, 6) is 0.434. The Morgan fingerprint density at radius 1 is 1.05 bits per heavy atom. The molecule has 0 bridgehead atoms. The number of methoxy groups -OCH3 is 1. The second-order valence-corrected chi connectivity index (χ2v) is 9.97. The van der Waals surface area contributed by atoms with E-state index in [2.05, 4.69) is 20.6 Å². The third-order valence-corrected chi connectivity index (χ3v) is 7.06. The third-order valence-electron chi connectivity index (χ3n) is 7.06. The van der Waals surface area contributed by atoms with Crippen molar-refractivity contribution in [3.63, 3.8) is 0 Å². The van der Waals surface area contributed by atoms with Crippen molar-refractivity contribution in [2.24, 2.45) is 0 Å². The topological polar surface area (TPSA) is 113 Å². The second-order valence-electron chi connectivity index (χ2n) is 9.97. The van der Waals surface area contributed by atoms with Gasteiger partial charge in [0.25, 0.3) is 0 Å². The highest BCUT2D eigenvalue weighted by molar-refractivity contribution is 5.93. The van der Waals surface area contributed by atoms with Crippen LogP contribution in [0, 0.1) is 6.92 Å². The quantitative estimate of drug-likeness (QED) is 0.213. The number of carbonyl (C=O) groups is 3. The second kappa shape index (κ2) is 13.0. The number of ketones is 1. The summed E-state index contributed by atoms with van der Waals surface area (Å²) in [7, 11) is 1.61. The molecule has 0 aliphatic heterocycles. The number of pyridine rings is 1. The standard InChI is InChI=1S/C31H36N4O4/c1-20(36)8-5-4-6-11-29(31(38)33-19-23-10-7-9-22-18-32-15-14-25(22)23)35-30(37)17-26-21(2)34-28-13-12-24(39-3)16-27(26)28/h7,9-10,12-16,18,29,34H,4-6,8,11,17,19H2,1-3H3,(H,33,38)(H,35,37)/t29-/m0/s1. The molecule has 4 aromatic rings. The van der Waals surface area contributed by atoms with E-state index in [9.17, 15) is 14.4 Å². The van der Waals surface area contributed by atoms with Gasteiger partial charge >= 0.3 is 0 Å². The number of ether oxygens (including phenoxy) is 1. The molecule has 2 aromatic heterocycles. The molecule has 2 heterocycles. The third kappa shape index (κ3) is 7.22. The molecule has 2 amide bonds. The molecule has 0 aliphatic carbocycles. The number of aromatic nitrogens is 2. The van der Waals surface area contributed by atoms with Crippen molar-refractivity contribution in [1.82, 2.24) is 20.6 Å². The average molecular weight is 529 g/mol. The summed E-state index contributed by atoms with van der Waals surface area (Å²) in [5, 5.41) is 8.96. The van der Waals surface area contributed by atoms with Crippen LogP contribution in [0.5, 0.6) is 5.75 Å². The molecule has 0 spiro atoms. The van der Waals surface area contributed by atoms with E-state index >= 15 is 0 Å². The number of amides is 2. The number of fused-ring (bicyclic) bond motifs is 2. The van der Waals surface area contributed by atoms with E-state index in [1.165, 1.54) is 0 Å². The van der Waals surface area contributed by atoms with Gasteiger partial charge in [0, 0.05) is 47.3 Å². The minimum absolute atomic E-state index is 0.142. The Labute approximate surface area is 228 Å². The molecule has 204 valence electrons. The molecule has 0 unspecified atom stereocenters. The van der Waals surface area contributed by atoms with Gasteiger partial charge in [-0.05, 0) is 67.5 Å². The molecule has 0 aliphatic rings. The van der Waals surface area contributed by atoms with Crippen LogP contribution in [-0.4, -0.2) is 40.7 Å². The molecule has 4 rings (SSSR count). The molecule has 2 aromatic carbocycles. The number of hydrogen-bond acceptors (Lipinski definition) is 5. The summed E-state index contributed by atoms with van der Waals surface area (Å²) in [4.78, 5) is 45.3. The number of carbonyl (C=O) groups excluding carboxylic acids is 3. The number of H-pyrrole nitrogens is 1. The van der Waals surface area contributed by atoms with Gasteiger partial charge in [-0.3, -0.25) is 14.6 Å². The zero-order valence-corrected chi connectivity index (χ0v) is 22.8. The SMILES string of the molecule is COc1ccc2[nH]c(C)c(CC(=O)N[C@@H](CCCCCC(C)=O)C(=O)NCc3cccc4cnccc34)c2c1. The Balaban J connectivity index is 1.45. The van der Waals surface area contributed by atoms with E-state index in [0.29, 0.717) is 19.4 Å². The maximum absolute atomic E-state index is 13.3. The van der Waals surface area contributed by atoms with Gasteiger partial charge in [-0.1, -0.05) is 31.0 Å². The van der Waals surface area contributed by atoms with E-state index in [0.717, 1.165) is 63.5 Å². The number of aromatic amines is 1. The zero-order valence-electron chi connectivity index (χ0n) is 22.8. The lowest BCUT2D eigenvalue weighted by molar-refractivity contribution is -0.129. The number of benzene rings is 2. The first-order chi connectivity index (χ1) is 18.9. The lowest BCUT2D eigenvalue weighted by Crippen LogP contribution is -2.47. The maximum atomic E-state index is 13.3. The first-order valence-electron chi connectivity index (χ1n) is 13.4. The van der Waals surface area contributed by atoms with Gasteiger partial charge in [-0.2, -0.15) is 0 Å². The molecule has 1 atom stereocenters. The molecular formula is C31H36N4O4. The fourth-order valence-corrected chi connectivity index (χ4v) is 4.94. The van der Waals surface area contributed by atoms with Crippen LogP contribution in [0.1, 0.15) is 55.8 Å². The van der Waals surface area contributed by atoms with Gasteiger partial charge in [0.05, 0.1) is 13.5 Å². The average Bonchev–Trinajstić information content (AvgIpc) is 3.24. The molecule has 0 saturated carbocycles. The summed E-state index contributed by atoms with van der Waals surface area (Å²) in [6.07, 6.45) is 7.03. The predicted octanol–water partition coefficient (Wildman–Crippen LogP) is 4.92. The Bertz CT molecular complexity index is 1470. The van der Waals surface area contributed by atoms with Crippen molar-refractivity contribution in [3.05, 3.63) is 71.7 Å². The summed E-state index contributed by atoms with van der Waals surface area (Å²) in [6.45, 7) is 3.87. The van der Waals surface area contributed by atoms with Crippen molar-refractivity contribution in [2.45, 2.75) is 65.0 Å². The van der Waals surface area contributed by atoms with Gasteiger partial charge in [0.2, 0.25) is 11.8 Å². The highest BCUT2D eigenvalue weighted by atomic mass is 16.5. The lowest BCUT2D eigenvalue weighted by atomic mass is 10.0. The Morgan fingerprint density at radius 2 is 1.90 bits per heavy atom. The Hall–Kier alpha value is -4.20. The normalized spacial score (nSPS) is 11.9. The van der Waals surface area contributed by atoms with Crippen molar-refractivity contribution >= 4 is 39.3 Å². The number of aryl methyl sites for hydroxylation is 1. The summed E-state index contributed by atoms with van der Waals surface area (Å²) in [5.41, 5.74) is 3.70. The first-order valence-corrected chi connectivity index (χ1v) is 13.4. The molecule has 0 radical (unpaired) electrons. The first kappa shape index (κ1) is 27.8. The summed E-state index contributed by atoms with van der Waals surface area (Å²) < 4.78 is 5.36. The van der Waals surface area contributed by atoms with Crippen LogP contribution in [0.25, 0.3) is 21.7 Å². The van der Waals surface area contributed by atoms with Gasteiger partial charge in [-0.15, -0.1) is 0 Å². The van der Waals surface area contributed by atoms with Crippen LogP contribution in [0.15, 0.2) is 54.9 Å². The molecule has 3 N–H and O–H groups in total. The molecular weight excluding hydrogens is 492 g/mol. The predicted molar refractivity (Wildman–Crippen MR) is 153 cm³/mol. The smallest absolute Gasteiger partial charge is 0.242 e. The number of unbranched alkanes of at least 4 members (excludes halogenated alkanes) is 2. The maximum Gasteiger partial charge on any atom is 0.242 e. The van der Waals surface area contributed by atoms with Crippen molar-refractivity contribution in [2.75, 3.05) is 7.11 Å². The molecule has 8 nitrogen and oxygen atoms in total. The fraction of sp³-hybridized carbons (Fsp3) is 0.355. The van der Waals surface area contributed by atoms with Crippen molar-refractivity contribution < 1.29 is 19.1 Å². The molecule has 8 heteroatoms. The van der Waals surface area contributed by atoms with E-state index in [1.54, 1.807) is 26.4 Å². The molecule has 0 fully saturated rings. The monoisotopic (exact) mass is 528 g/mol. The van der Waals surface area contributed by atoms with Crippen LogP contribution in [-0.2, 0) is 27.3 Å². The largest absolute Gasteiger partial charge is 0.497 e. The van der Waals surface area contributed by atoms with E-state index in [1.807, 2.05) is 49.4 Å². The van der Waals surface area contributed by atoms with Gasteiger partial charge in [0.15, 0.2) is 0 Å². The fourth-order valence-electron chi connectivity index (χ4n) is 4.94. The van der Waals surface area contributed by atoms with Crippen LogP contribution >= 0.6 is 0 Å². The number of Topliss-reactive ketones (excluding diaryl/α,β-unsaturated/α-hetero) is 1. The molecule has 0 saturated heterocycles.